The molecule has 0 saturated carbocycles. The van der Waals surface area contributed by atoms with Crippen molar-refractivity contribution in [3.05, 3.63) is 76.3 Å². The number of cyclic esters (lactones) is 1. The van der Waals surface area contributed by atoms with Gasteiger partial charge in [0.25, 0.3) is 11.8 Å². The Hall–Kier alpha value is -7.60. The average Bonchev–Trinajstić information content (AvgIpc) is 1.68. The molecule has 4 heterocycles. The highest BCUT2D eigenvalue weighted by Gasteiger charge is 2.49. The van der Waals surface area contributed by atoms with Crippen molar-refractivity contribution >= 4 is 76.7 Å². The molecule has 6 rings (SSSR count). The minimum Gasteiger partial charge on any atom is -0.495 e. The van der Waals surface area contributed by atoms with E-state index >= 15 is 0 Å². The molecule has 4 aliphatic heterocycles. The standard InChI is InChI=1S/C64H89ClN8O20/c1-32(2)27-42-61(86)90-43(13-11-14-47(75)69-41(29-37-19-23-44(88-9)39(65)28-37)59(84)68-35(6)64(7,8)63(87)71-42)34(5)56-57(92-56)38-20-17-36(18-21-38)30-67-58(83)40(22-24-46(74)66-31-45-53(80)54(81)55(82)62(89-10)91-45)70-60(85)52(33(3)4)72-48(76)15-12-16-51(79)93-73-49(77)25-26-50(73)78/h11,14,17-21,23,28,32-35,40-43,45,52-57,62,80-82H,12-13,15-16,22,24-27,29-31H2,1-10H3,(H,66,74)(H,67,83)(H,68,84)(H,69,75)(H,70,85)(H,71,87)(H,72,76)/b14-11+/t34-,35-,40-,41+,42-,43-,45+,52-,53+,54-,55+,56+,57+,62+/m0/s1. The Kier molecular flexibility index (Phi) is 27.2. The van der Waals surface area contributed by atoms with Crippen LogP contribution in [-0.4, -0.2) is 179 Å². The summed E-state index contributed by atoms with van der Waals surface area (Å²) in [6, 6.07) is 6.55. The lowest BCUT2D eigenvalue weighted by atomic mass is 9.83. The van der Waals surface area contributed by atoms with Crippen LogP contribution in [0.1, 0.15) is 136 Å². The van der Waals surface area contributed by atoms with Gasteiger partial charge < -0.3 is 81.1 Å². The van der Waals surface area contributed by atoms with Crippen molar-refractivity contribution in [1.82, 2.24) is 42.3 Å². The van der Waals surface area contributed by atoms with Crippen molar-refractivity contribution in [3.63, 3.8) is 0 Å². The molecule has 0 unspecified atom stereocenters. The fourth-order valence-electron chi connectivity index (χ4n) is 10.6. The van der Waals surface area contributed by atoms with E-state index in [2.05, 4.69) is 37.2 Å². The maximum Gasteiger partial charge on any atom is 0.333 e. The molecule has 0 bridgehead atoms. The van der Waals surface area contributed by atoms with Crippen LogP contribution in [0.4, 0.5) is 0 Å². The first kappa shape index (κ1) is 74.4. The second kappa shape index (κ2) is 34.0. The summed E-state index contributed by atoms with van der Waals surface area (Å²) in [7, 11) is 2.69. The molecule has 2 aromatic rings. The number of rotatable bonds is 26. The molecule has 2 aromatic carbocycles. The summed E-state index contributed by atoms with van der Waals surface area (Å²) in [6.07, 6.45) is -7.50. The number of carbonyl (C=O) groups excluding carboxylic acids is 11. The number of ether oxygens (including phenoxy) is 5. The van der Waals surface area contributed by atoms with Gasteiger partial charge in [0, 0.05) is 77.1 Å². The van der Waals surface area contributed by atoms with Crippen LogP contribution < -0.4 is 42.0 Å². The predicted molar refractivity (Wildman–Crippen MR) is 331 cm³/mol. The normalized spacial score (nSPS) is 26.5. The number of carbonyl (C=O) groups is 11. The van der Waals surface area contributed by atoms with Gasteiger partial charge in [-0.3, -0.25) is 43.2 Å². The number of imide groups is 1. The number of methoxy groups -OCH3 is 2. The summed E-state index contributed by atoms with van der Waals surface area (Å²) in [6.45, 7) is 13.5. The number of halogens is 1. The van der Waals surface area contributed by atoms with Crippen LogP contribution in [0.3, 0.4) is 0 Å². The van der Waals surface area contributed by atoms with Crippen LogP contribution in [-0.2, 0) is 89.5 Å². The van der Waals surface area contributed by atoms with Gasteiger partial charge in [0.2, 0.25) is 41.4 Å². The Morgan fingerprint density at radius 1 is 0.785 bits per heavy atom. The largest absolute Gasteiger partial charge is 0.495 e. The Morgan fingerprint density at radius 2 is 1.46 bits per heavy atom. The van der Waals surface area contributed by atoms with Crippen LogP contribution in [0.5, 0.6) is 5.75 Å². The van der Waals surface area contributed by atoms with Crippen molar-refractivity contribution in [2.45, 2.75) is 205 Å². The summed E-state index contributed by atoms with van der Waals surface area (Å²) in [4.78, 5) is 151. The van der Waals surface area contributed by atoms with Gasteiger partial charge in [-0.2, -0.15) is 0 Å². The molecular formula is C64H89ClN8O20. The third kappa shape index (κ3) is 20.9. The molecular weight excluding hydrogens is 1240 g/mol. The summed E-state index contributed by atoms with van der Waals surface area (Å²) in [5, 5.41) is 50.9. The maximum absolute atomic E-state index is 14.2. The highest BCUT2D eigenvalue weighted by Crippen LogP contribution is 2.45. The second-order valence-corrected chi connectivity index (χ2v) is 25.5. The number of amides is 9. The first-order valence-electron chi connectivity index (χ1n) is 31.2. The van der Waals surface area contributed by atoms with Gasteiger partial charge in [0.1, 0.15) is 66.5 Å². The first-order valence-corrected chi connectivity index (χ1v) is 31.6. The van der Waals surface area contributed by atoms with Crippen LogP contribution in [0.2, 0.25) is 5.02 Å². The number of aliphatic hydroxyl groups excluding tert-OH is 3. The Labute approximate surface area is 544 Å². The highest BCUT2D eigenvalue weighted by atomic mass is 35.5. The zero-order chi connectivity index (χ0) is 68.6. The van der Waals surface area contributed by atoms with Gasteiger partial charge in [-0.05, 0) is 86.8 Å². The second-order valence-electron chi connectivity index (χ2n) is 25.1. The molecule has 3 saturated heterocycles. The fraction of sp³-hybridized carbons (Fsp3) is 0.609. The van der Waals surface area contributed by atoms with Crippen molar-refractivity contribution in [1.29, 1.82) is 0 Å². The third-order valence-corrected chi connectivity index (χ3v) is 17.2. The smallest absolute Gasteiger partial charge is 0.333 e. The van der Waals surface area contributed by atoms with E-state index in [1.807, 2.05) is 20.8 Å². The van der Waals surface area contributed by atoms with Crippen molar-refractivity contribution in [3.8, 4) is 5.75 Å². The number of nitrogens with one attached hydrogen (secondary N) is 7. The van der Waals surface area contributed by atoms with E-state index in [9.17, 15) is 68.1 Å². The molecule has 28 nitrogen and oxygen atoms in total. The molecule has 10 N–H and O–H groups in total. The van der Waals surface area contributed by atoms with Crippen LogP contribution in [0, 0.1) is 23.2 Å². The van der Waals surface area contributed by atoms with Gasteiger partial charge in [-0.1, -0.05) is 82.6 Å². The Morgan fingerprint density at radius 3 is 2.10 bits per heavy atom. The lowest BCUT2D eigenvalue weighted by molar-refractivity contribution is -0.288. The topological polar surface area (TPSA) is 395 Å². The number of hydrogen-bond donors (Lipinski definition) is 10. The quantitative estimate of drug-likeness (QED) is 0.0362. The number of hydrogen-bond acceptors (Lipinski definition) is 20. The predicted octanol–water partition coefficient (Wildman–Crippen LogP) is 1.46. The zero-order valence-electron chi connectivity index (χ0n) is 54.0. The molecule has 0 spiro atoms. The monoisotopic (exact) mass is 1320 g/mol. The number of aliphatic hydroxyl groups is 3. The molecule has 29 heteroatoms. The highest BCUT2D eigenvalue weighted by molar-refractivity contribution is 6.32. The zero-order valence-corrected chi connectivity index (χ0v) is 54.8. The fourth-order valence-corrected chi connectivity index (χ4v) is 10.9. The van der Waals surface area contributed by atoms with Crippen molar-refractivity contribution in [2.24, 2.45) is 23.2 Å². The van der Waals surface area contributed by atoms with Crippen LogP contribution >= 0.6 is 11.6 Å². The summed E-state index contributed by atoms with van der Waals surface area (Å²) >= 11 is 6.42. The average molecular weight is 1330 g/mol. The molecule has 14 atom stereocenters. The Balaban J connectivity index is 1.13. The van der Waals surface area contributed by atoms with E-state index in [0.29, 0.717) is 27.0 Å². The lowest BCUT2D eigenvalue weighted by Crippen LogP contribution is -2.60. The van der Waals surface area contributed by atoms with E-state index in [1.165, 1.54) is 20.3 Å². The number of benzene rings is 2. The number of hydroxylamine groups is 2. The van der Waals surface area contributed by atoms with Crippen molar-refractivity contribution in [2.75, 3.05) is 20.8 Å². The van der Waals surface area contributed by atoms with E-state index in [1.54, 1.807) is 83.2 Å². The number of nitrogens with zero attached hydrogens (tertiary/aromatic N) is 1. The minimum atomic E-state index is -1.65. The number of epoxide rings is 1. The molecule has 512 valence electrons. The van der Waals surface area contributed by atoms with Gasteiger partial charge >= 0.3 is 11.9 Å². The van der Waals surface area contributed by atoms with E-state index in [4.69, 9.17) is 40.1 Å². The molecule has 4 aliphatic rings. The van der Waals surface area contributed by atoms with E-state index < -0.39 is 162 Å². The maximum atomic E-state index is 14.2. The minimum absolute atomic E-state index is 0.0418. The first-order chi connectivity index (χ1) is 43.9. The molecule has 0 radical (unpaired) electrons. The molecule has 93 heavy (non-hydrogen) atoms. The van der Waals surface area contributed by atoms with Gasteiger partial charge in [-0.25, -0.2) is 9.59 Å². The SMILES string of the molecule is COc1ccc(C[C@H]2NC(=O)/C=C/C[C@@H]([C@H](C)[C@H]3O[C@@H]3c3ccc(CNC(=O)[C@H](CCC(=O)NC[C@H]4O[C@@H](OC)[C@H](O)[C@@H](O)[C@@H]4O)NC(=O)[C@@H](NC(=O)CCCC(=O)ON4C(=O)CCC4=O)C(C)C)cc3)OC(=O)[C@H](CC(C)C)NC(=O)C(C)(C)[C@H](C)NC2=O)cc1Cl. The summed E-state index contributed by atoms with van der Waals surface area (Å²) in [5.41, 5.74) is 0.722. The van der Waals surface area contributed by atoms with E-state index in [0.717, 1.165) is 5.56 Å². The summed E-state index contributed by atoms with van der Waals surface area (Å²) < 4.78 is 28.3. The van der Waals surface area contributed by atoms with Gasteiger partial charge in [0.15, 0.2) is 6.29 Å². The number of esters is 1. The Bertz CT molecular complexity index is 3040. The molecule has 0 aromatic heterocycles. The summed E-state index contributed by atoms with van der Waals surface area (Å²) in [5.74, 6) is -8.01. The van der Waals surface area contributed by atoms with Gasteiger partial charge in [-0.15, -0.1) is 5.06 Å². The lowest BCUT2D eigenvalue weighted by Gasteiger charge is -2.39. The van der Waals surface area contributed by atoms with Crippen molar-refractivity contribution < 1.29 is 96.6 Å². The van der Waals surface area contributed by atoms with Crippen LogP contribution in [0.25, 0.3) is 0 Å². The van der Waals surface area contributed by atoms with Crippen LogP contribution in [0.15, 0.2) is 54.6 Å². The molecule has 9 amide bonds. The third-order valence-electron chi connectivity index (χ3n) is 16.9. The molecule has 3 fully saturated rings. The van der Waals surface area contributed by atoms with Gasteiger partial charge in [0.05, 0.1) is 23.7 Å². The van der Waals surface area contributed by atoms with E-state index in [-0.39, 0.29) is 83.2 Å². The molecule has 0 aliphatic carbocycles.